The van der Waals surface area contributed by atoms with Gasteiger partial charge in [0.05, 0.1) is 11.0 Å². The first kappa shape index (κ1) is 11.6. The number of hydrogen-bond donors (Lipinski definition) is 0. The predicted molar refractivity (Wildman–Crippen MR) is 64.5 cm³/mol. The minimum absolute atomic E-state index is 0.103. The largest absolute Gasteiger partial charge is 0.276 e. The Labute approximate surface area is 106 Å². The zero-order valence-electron chi connectivity index (χ0n) is 8.09. The fourth-order valence-corrected chi connectivity index (χ4v) is 1.85. The lowest BCUT2D eigenvalue weighted by Gasteiger charge is -2.04. The summed E-state index contributed by atoms with van der Waals surface area (Å²) >= 11 is 16.9. The van der Waals surface area contributed by atoms with E-state index in [2.05, 4.69) is 9.97 Å². The van der Waals surface area contributed by atoms with Gasteiger partial charge in [-0.2, -0.15) is 0 Å². The van der Waals surface area contributed by atoms with E-state index in [1.165, 1.54) is 0 Å². The Morgan fingerprint density at radius 1 is 1.12 bits per heavy atom. The van der Waals surface area contributed by atoms with Gasteiger partial charge >= 0.3 is 0 Å². The SMILES string of the molecule is Cc1cc2nc(Cl)c(Cl)nc2cc1C(=O)Cl. The lowest BCUT2D eigenvalue weighted by atomic mass is 10.1. The van der Waals surface area contributed by atoms with E-state index in [0.29, 0.717) is 16.6 Å². The van der Waals surface area contributed by atoms with E-state index in [4.69, 9.17) is 34.8 Å². The standard InChI is InChI=1S/C10H5Cl3N2O/c1-4-2-6-7(3-5(4)10(13)16)15-9(12)8(11)14-6/h2-3H,1H3. The van der Waals surface area contributed by atoms with Gasteiger partial charge in [-0.1, -0.05) is 23.2 Å². The van der Waals surface area contributed by atoms with Crippen molar-refractivity contribution in [1.82, 2.24) is 9.97 Å². The van der Waals surface area contributed by atoms with E-state index in [1.54, 1.807) is 19.1 Å². The maximum atomic E-state index is 11.1. The first-order chi connectivity index (χ1) is 7.49. The lowest BCUT2D eigenvalue weighted by molar-refractivity contribution is 0.108. The molecule has 0 unspecified atom stereocenters. The Bertz CT molecular complexity index is 598. The van der Waals surface area contributed by atoms with Crippen molar-refractivity contribution in [3.63, 3.8) is 0 Å². The number of carbonyl (C=O) groups excluding carboxylic acids is 1. The molecule has 0 aliphatic rings. The molecule has 2 rings (SSSR count). The Balaban J connectivity index is 2.79. The van der Waals surface area contributed by atoms with Crippen LogP contribution in [0.15, 0.2) is 12.1 Å². The van der Waals surface area contributed by atoms with Gasteiger partial charge in [0, 0.05) is 5.56 Å². The van der Waals surface area contributed by atoms with Crippen molar-refractivity contribution in [3.8, 4) is 0 Å². The molecule has 1 aromatic carbocycles. The van der Waals surface area contributed by atoms with Crippen molar-refractivity contribution in [2.45, 2.75) is 6.92 Å². The molecule has 0 bridgehead atoms. The van der Waals surface area contributed by atoms with Crippen LogP contribution >= 0.6 is 34.8 Å². The van der Waals surface area contributed by atoms with Crippen molar-refractivity contribution < 1.29 is 4.79 Å². The first-order valence-corrected chi connectivity index (χ1v) is 5.45. The summed E-state index contributed by atoms with van der Waals surface area (Å²) in [7, 11) is 0. The zero-order valence-corrected chi connectivity index (χ0v) is 10.4. The lowest BCUT2D eigenvalue weighted by Crippen LogP contribution is -1.96. The third kappa shape index (κ3) is 1.98. The molecule has 0 N–H and O–H groups in total. The fraction of sp³-hybridized carbons (Fsp3) is 0.100. The minimum atomic E-state index is -0.535. The predicted octanol–water partition coefficient (Wildman–Crippen LogP) is 3.62. The van der Waals surface area contributed by atoms with Crippen LogP contribution in [0.25, 0.3) is 11.0 Å². The average Bonchev–Trinajstić information content (AvgIpc) is 2.19. The second-order valence-electron chi connectivity index (χ2n) is 3.23. The highest BCUT2D eigenvalue weighted by Crippen LogP contribution is 2.24. The number of halogens is 3. The van der Waals surface area contributed by atoms with Gasteiger partial charge in [0.2, 0.25) is 0 Å². The molecule has 0 radical (unpaired) electrons. The van der Waals surface area contributed by atoms with Crippen LogP contribution < -0.4 is 0 Å². The molecule has 0 fully saturated rings. The van der Waals surface area contributed by atoms with E-state index < -0.39 is 5.24 Å². The third-order valence-electron chi connectivity index (χ3n) is 2.14. The molecule has 2 aromatic rings. The Morgan fingerprint density at radius 2 is 1.62 bits per heavy atom. The molecule has 0 saturated carbocycles. The number of carbonyl (C=O) groups is 1. The van der Waals surface area contributed by atoms with Gasteiger partial charge in [-0.25, -0.2) is 9.97 Å². The van der Waals surface area contributed by atoms with Gasteiger partial charge in [0.25, 0.3) is 5.24 Å². The molecule has 0 atom stereocenters. The van der Waals surface area contributed by atoms with Gasteiger partial charge in [-0.3, -0.25) is 4.79 Å². The van der Waals surface area contributed by atoms with Crippen molar-refractivity contribution in [1.29, 1.82) is 0 Å². The van der Waals surface area contributed by atoms with Crippen LogP contribution in [0.5, 0.6) is 0 Å². The molecule has 82 valence electrons. The molecular weight excluding hydrogens is 270 g/mol. The molecule has 0 aliphatic carbocycles. The van der Waals surface area contributed by atoms with Crippen LogP contribution in [0, 0.1) is 6.92 Å². The summed E-state index contributed by atoms with van der Waals surface area (Å²) in [5, 5.41) is -0.295. The van der Waals surface area contributed by atoms with Crippen LogP contribution in [0.4, 0.5) is 0 Å². The third-order valence-corrected chi connectivity index (χ3v) is 2.97. The van der Waals surface area contributed by atoms with E-state index in [-0.39, 0.29) is 10.3 Å². The Kier molecular flexibility index (Phi) is 3.02. The maximum Gasteiger partial charge on any atom is 0.252 e. The highest BCUT2D eigenvalue weighted by molar-refractivity contribution is 6.68. The topological polar surface area (TPSA) is 42.9 Å². The van der Waals surface area contributed by atoms with Gasteiger partial charge in [0.1, 0.15) is 0 Å². The summed E-state index contributed by atoms with van der Waals surface area (Å²) in [6, 6.07) is 3.25. The second-order valence-corrected chi connectivity index (χ2v) is 4.29. The van der Waals surface area contributed by atoms with Crippen LogP contribution in [-0.4, -0.2) is 15.2 Å². The summed E-state index contributed by atoms with van der Waals surface area (Å²) < 4.78 is 0. The van der Waals surface area contributed by atoms with Gasteiger partial charge in [0.15, 0.2) is 10.3 Å². The van der Waals surface area contributed by atoms with Gasteiger partial charge < -0.3 is 0 Å². The molecular formula is C10H5Cl3N2O. The van der Waals surface area contributed by atoms with Crippen molar-refractivity contribution in [2.24, 2.45) is 0 Å². The molecule has 0 amide bonds. The Morgan fingerprint density at radius 3 is 2.12 bits per heavy atom. The number of hydrogen-bond acceptors (Lipinski definition) is 3. The minimum Gasteiger partial charge on any atom is -0.276 e. The van der Waals surface area contributed by atoms with Crippen LogP contribution in [-0.2, 0) is 0 Å². The molecule has 0 aliphatic heterocycles. The highest BCUT2D eigenvalue weighted by atomic mass is 35.5. The monoisotopic (exact) mass is 274 g/mol. The van der Waals surface area contributed by atoms with E-state index in [1.807, 2.05) is 0 Å². The molecule has 16 heavy (non-hydrogen) atoms. The molecule has 3 nitrogen and oxygen atoms in total. The van der Waals surface area contributed by atoms with E-state index in [9.17, 15) is 4.79 Å². The first-order valence-electron chi connectivity index (χ1n) is 4.32. The highest BCUT2D eigenvalue weighted by Gasteiger charge is 2.11. The van der Waals surface area contributed by atoms with E-state index in [0.717, 1.165) is 5.56 Å². The average molecular weight is 276 g/mol. The van der Waals surface area contributed by atoms with Crippen molar-refractivity contribution >= 4 is 51.1 Å². The number of benzene rings is 1. The maximum absolute atomic E-state index is 11.1. The number of aromatic nitrogens is 2. The molecule has 0 saturated heterocycles. The summed E-state index contributed by atoms with van der Waals surface area (Å²) in [6.45, 7) is 1.76. The summed E-state index contributed by atoms with van der Waals surface area (Å²) in [5.74, 6) is 0. The second kappa shape index (κ2) is 4.17. The zero-order chi connectivity index (χ0) is 11.9. The number of rotatable bonds is 1. The van der Waals surface area contributed by atoms with Crippen molar-refractivity contribution in [3.05, 3.63) is 33.6 Å². The molecule has 1 heterocycles. The summed E-state index contributed by atoms with van der Waals surface area (Å²) in [5.41, 5.74) is 2.18. The number of nitrogens with zero attached hydrogens (tertiary/aromatic N) is 2. The van der Waals surface area contributed by atoms with Crippen LogP contribution in [0.2, 0.25) is 10.3 Å². The normalized spacial score (nSPS) is 10.8. The Hall–Kier alpha value is -0.900. The quantitative estimate of drug-likeness (QED) is 0.747. The number of fused-ring (bicyclic) bond motifs is 1. The number of aryl methyl sites for hydroxylation is 1. The fourth-order valence-electron chi connectivity index (χ4n) is 1.38. The molecule has 6 heteroatoms. The van der Waals surface area contributed by atoms with E-state index >= 15 is 0 Å². The molecule has 1 aromatic heterocycles. The summed E-state index contributed by atoms with van der Waals surface area (Å²) in [6.07, 6.45) is 0. The van der Waals surface area contributed by atoms with Gasteiger partial charge in [-0.05, 0) is 36.2 Å². The molecule has 0 spiro atoms. The van der Waals surface area contributed by atoms with Crippen LogP contribution in [0.3, 0.4) is 0 Å². The smallest absolute Gasteiger partial charge is 0.252 e. The van der Waals surface area contributed by atoms with Crippen molar-refractivity contribution in [2.75, 3.05) is 0 Å². The summed E-state index contributed by atoms with van der Waals surface area (Å²) in [4.78, 5) is 19.2. The van der Waals surface area contributed by atoms with Crippen LogP contribution in [0.1, 0.15) is 15.9 Å². The van der Waals surface area contributed by atoms with Gasteiger partial charge in [-0.15, -0.1) is 0 Å².